The van der Waals surface area contributed by atoms with Gasteiger partial charge in [-0.2, -0.15) is 0 Å². The van der Waals surface area contributed by atoms with Crippen LogP contribution in [0.25, 0.3) is 0 Å². The summed E-state index contributed by atoms with van der Waals surface area (Å²) >= 11 is 0. The highest BCUT2D eigenvalue weighted by Gasteiger charge is 2.36. The van der Waals surface area contributed by atoms with E-state index in [9.17, 15) is 9.59 Å². The molecule has 2 amide bonds. The fourth-order valence-corrected chi connectivity index (χ4v) is 2.77. The quantitative estimate of drug-likeness (QED) is 0.755. The fourth-order valence-electron chi connectivity index (χ4n) is 2.77. The van der Waals surface area contributed by atoms with Crippen LogP contribution in [0.3, 0.4) is 0 Å². The Bertz CT molecular complexity index is 319. The normalized spacial score (nSPS) is 29.3. The van der Waals surface area contributed by atoms with Gasteiger partial charge < -0.3 is 15.5 Å². The summed E-state index contributed by atoms with van der Waals surface area (Å²) in [5.74, 6) is 0.127. The first-order chi connectivity index (χ1) is 8.74. The van der Waals surface area contributed by atoms with Crippen molar-refractivity contribution < 1.29 is 9.59 Å². The maximum Gasteiger partial charge on any atom is 0.242 e. The van der Waals surface area contributed by atoms with Gasteiger partial charge >= 0.3 is 0 Å². The molecule has 0 aliphatic carbocycles. The lowest BCUT2D eigenvalue weighted by Crippen LogP contribution is -2.59. The third-order valence-corrected chi connectivity index (χ3v) is 3.75. The number of nitrogens with one attached hydrogen (secondary N) is 2. The first kappa shape index (κ1) is 13.3. The molecule has 5 nitrogen and oxygen atoms in total. The van der Waals surface area contributed by atoms with Gasteiger partial charge in [-0.25, -0.2) is 0 Å². The van der Waals surface area contributed by atoms with Gasteiger partial charge in [0.1, 0.15) is 6.04 Å². The van der Waals surface area contributed by atoms with Gasteiger partial charge in [-0.05, 0) is 38.6 Å². The molecule has 5 heteroatoms. The number of carbonyl (C=O) groups excluding carboxylic acids is 2. The molecule has 0 radical (unpaired) electrons. The van der Waals surface area contributed by atoms with E-state index in [1.807, 2.05) is 0 Å². The molecule has 2 unspecified atom stereocenters. The van der Waals surface area contributed by atoms with Crippen LogP contribution >= 0.6 is 0 Å². The summed E-state index contributed by atoms with van der Waals surface area (Å²) in [6.07, 6.45) is 4.67. The molecule has 0 saturated carbocycles. The second-order valence-electron chi connectivity index (χ2n) is 5.13. The zero-order valence-corrected chi connectivity index (χ0v) is 11.1. The summed E-state index contributed by atoms with van der Waals surface area (Å²) in [7, 11) is 0. The van der Waals surface area contributed by atoms with E-state index in [-0.39, 0.29) is 23.9 Å². The molecule has 2 fully saturated rings. The van der Waals surface area contributed by atoms with Crippen molar-refractivity contribution in [3.8, 4) is 0 Å². The Kier molecular flexibility index (Phi) is 4.58. The Morgan fingerprint density at radius 2 is 2.17 bits per heavy atom. The minimum atomic E-state index is -0.238. The van der Waals surface area contributed by atoms with E-state index in [2.05, 4.69) is 17.6 Å². The molecule has 0 bridgehead atoms. The summed E-state index contributed by atoms with van der Waals surface area (Å²) in [5, 5.41) is 6.14. The standard InChI is InChI=1S/C13H23N3O2/c1-2-7-14-10-5-4-9-16(13(10)18)11-6-3-8-15-12(11)17/h10-11,14H,2-9H2,1H3,(H,15,17). The van der Waals surface area contributed by atoms with E-state index in [1.165, 1.54) is 0 Å². The highest BCUT2D eigenvalue weighted by molar-refractivity contribution is 5.90. The maximum atomic E-state index is 12.4. The van der Waals surface area contributed by atoms with Crippen molar-refractivity contribution in [3.05, 3.63) is 0 Å². The summed E-state index contributed by atoms with van der Waals surface area (Å²) in [6, 6.07) is -0.328. The van der Waals surface area contributed by atoms with E-state index >= 15 is 0 Å². The number of hydrogen-bond acceptors (Lipinski definition) is 3. The molecule has 102 valence electrons. The van der Waals surface area contributed by atoms with Gasteiger partial charge in [-0.15, -0.1) is 0 Å². The second-order valence-corrected chi connectivity index (χ2v) is 5.13. The van der Waals surface area contributed by atoms with Crippen molar-refractivity contribution in [2.75, 3.05) is 19.6 Å². The van der Waals surface area contributed by atoms with Crippen LogP contribution in [0.15, 0.2) is 0 Å². The minimum absolute atomic E-state index is 0.0192. The van der Waals surface area contributed by atoms with Gasteiger partial charge in [0.25, 0.3) is 0 Å². The molecule has 2 atom stereocenters. The summed E-state index contributed by atoms with van der Waals surface area (Å²) in [5.41, 5.74) is 0. The molecular weight excluding hydrogens is 230 g/mol. The van der Waals surface area contributed by atoms with Crippen LogP contribution in [0, 0.1) is 0 Å². The predicted molar refractivity (Wildman–Crippen MR) is 69.1 cm³/mol. The molecule has 2 heterocycles. The van der Waals surface area contributed by atoms with E-state index in [1.54, 1.807) is 4.90 Å². The van der Waals surface area contributed by atoms with Gasteiger partial charge in [-0.3, -0.25) is 9.59 Å². The van der Waals surface area contributed by atoms with Gasteiger partial charge in [0.15, 0.2) is 0 Å². The fraction of sp³-hybridized carbons (Fsp3) is 0.846. The maximum absolute atomic E-state index is 12.4. The topological polar surface area (TPSA) is 61.4 Å². The van der Waals surface area contributed by atoms with Gasteiger partial charge in [0.05, 0.1) is 6.04 Å². The van der Waals surface area contributed by atoms with Gasteiger partial charge in [0, 0.05) is 13.1 Å². The van der Waals surface area contributed by atoms with Crippen LogP contribution in [0.1, 0.15) is 39.0 Å². The third-order valence-electron chi connectivity index (χ3n) is 3.75. The zero-order chi connectivity index (χ0) is 13.0. The molecule has 18 heavy (non-hydrogen) atoms. The average Bonchev–Trinajstić information content (AvgIpc) is 2.39. The van der Waals surface area contributed by atoms with Crippen molar-refractivity contribution in [3.63, 3.8) is 0 Å². The van der Waals surface area contributed by atoms with Crippen molar-refractivity contribution in [2.45, 2.75) is 51.1 Å². The lowest BCUT2D eigenvalue weighted by molar-refractivity contribution is -0.145. The molecule has 2 rings (SSSR count). The van der Waals surface area contributed by atoms with E-state index in [0.717, 1.165) is 51.7 Å². The molecule has 2 N–H and O–H groups in total. The monoisotopic (exact) mass is 253 g/mol. The number of piperidine rings is 2. The Labute approximate surface area is 108 Å². The van der Waals surface area contributed by atoms with Crippen molar-refractivity contribution >= 4 is 11.8 Å². The van der Waals surface area contributed by atoms with Crippen LogP contribution in [0.4, 0.5) is 0 Å². The highest BCUT2D eigenvalue weighted by Crippen LogP contribution is 2.19. The SMILES string of the molecule is CCCNC1CCCN(C2CCCNC2=O)C1=O. The molecule has 2 saturated heterocycles. The number of hydrogen-bond donors (Lipinski definition) is 2. The van der Waals surface area contributed by atoms with E-state index in [0.29, 0.717) is 0 Å². The lowest BCUT2D eigenvalue weighted by atomic mass is 9.98. The molecule has 0 aromatic heterocycles. The smallest absolute Gasteiger partial charge is 0.242 e. The molecular formula is C13H23N3O2. The summed E-state index contributed by atoms with van der Waals surface area (Å²) in [4.78, 5) is 26.0. The van der Waals surface area contributed by atoms with Crippen LogP contribution in [-0.2, 0) is 9.59 Å². The second kappa shape index (κ2) is 6.18. The van der Waals surface area contributed by atoms with Crippen molar-refractivity contribution in [2.24, 2.45) is 0 Å². The summed E-state index contributed by atoms with van der Waals surface area (Å²) < 4.78 is 0. The van der Waals surface area contributed by atoms with Crippen LogP contribution in [0.2, 0.25) is 0 Å². The molecule has 2 aliphatic heterocycles. The third kappa shape index (κ3) is 2.83. The molecule has 0 aromatic carbocycles. The van der Waals surface area contributed by atoms with Crippen LogP contribution in [-0.4, -0.2) is 48.4 Å². The number of likely N-dealkylation sites (tertiary alicyclic amines) is 1. The Morgan fingerprint density at radius 1 is 1.33 bits per heavy atom. The number of amides is 2. The minimum Gasteiger partial charge on any atom is -0.354 e. The van der Waals surface area contributed by atoms with Gasteiger partial charge in [0.2, 0.25) is 11.8 Å². The Balaban J connectivity index is 1.98. The first-order valence-corrected chi connectivity index (χ1v) is 7.05. The molecule has 2 aliphatic rings. The van der Waals surface area contributed by atoms with Crippen LogP contribution < -0.4 is 10.6 Å². The van der Waals surface area contributed by atoms with Crippen molar-refractivity contribution in [1.29, 1.82) is 0 Å². The van der Waals surface area contributed by atoms with Crippen molar-refractivity contribution in [1.82, 2.24) is 15.5 Å². The lowest BCUT2D eigenvalue weighted by Gasteiger charge is -2.39. The predicted octanol–water partition coefficient (Wildman–Crippen LogP) is 0.256. The Morgan fingerprint density at radius 3 is 2.89 bits per heavy atom. The number of rotatable bonds is 4. The number of nitrogens with zero attached hydrogens (tertiary/aromatic N) is 1. The molecule has 0 aromatic rings. The largest absolute Gasteiger partial charge is 0.354 e. The van der Waals surface area contributed by atoms with E-state index in [4.69, 9.17) is 0 Å². The first-order valence-electron chi connectivity index (χ1n) is 7.05. The average molecular weight is 253 g/mol. The number of carbonyl (C=O) groups is 2. The van der Waals surface area contributed by atoms with Gasteiger partial charge in [-0.1, -0.05) is 6.92 Å². The van der Waals surface area contributed by atoms with E-state index < -0.39 is 0 Å². The molecule has 0 spiro atoms. The Hall–Kier alpha value is -1.10. The summed E-state index contributed by atoms with van der Waals surface area (Å²) in [6.45, 7) is 4.42. The highest BCUT2D eigenvalue weighted by atomic mass is 16.2. The van der Waals surface area contributed by atoms with Crippen LogP contribution in [0.5, 0.6) is 0 Å². The zero-order valence-electron chi connectivity index (χ0n) is 11.1.